The van der Waals surface area contributed by atoms with Crippen LogP contribution in [0.5, 0.6) is 0 Å². The third-order valence-corrected chi connectivity index (χ3v) is 5.55. The van der Waals surface area contributed by atoms with Crippen molar-refractivity contribution < 1.29 is 14.3 Å². The molecule has 1 aliphatic heterocycles. The number of hydrogen-bond donors (Lipinski definition) is 2. The second kappa shape index (κ2) is 7.36. The summed E-state index contributed by atoms with van der Waals surface area (Å²) in [5, 5.41) is 13.6. The molecule has 0 radical (unpaired) electrons. The van der Waals surface area contributed by atoms with Gasteiger partial charge in [0, 0.05) is 19.3 Å². The first kappa shape index (κ1) is 18.6. The van der Waals surface area contributed by atoms with Gasteiger partial charge in [-0.15, -0.1) is 11.3 Å². The number of carbonyl (C=O) groups is 1. The van der Waals surface area contributed by atoms with E-state index < -0.39 is 11.9 Å². The number of aliphatic hydroxyl groups excluding tert-OH is 1. The molecule has 1 unspecified atom stereocenters. The van der Waals surface area contributed by atoms with Crippen molar-refractivity contribution in [3.05, 3.63) is 40.5 Å². The maximum atomic E-state index is 13.5. The Bertz CT molecular complexity index is 1040. The molecule has 8 nitrogen and oxygen atoms in total. The van der Waals surface area contributed by atoms with E-state index in [1.54, 1.807) is 11.1 Å². The van der Waals surface area contributed by atoms with E-state index in [0.29, 0.717) is 28.9 Å². The van der Waals surface area contributed by atoms with Gasteiger partial charge in [-0.1, -0.05) is 0 Å². The van der Waals surface area contributed by atoms with Gasteiger partial charge in [0.05, 0.1) is 23.4 Å². The van der Waals surface area contributed by atoms with Gasteiger partial charge in [0.1, 0.15) is 10.5 Å². The molecule has 0 spiro atoms. The Morgan fingerprint density at radius 2 is 2.21 bits per heavy atom. The van der Waals surface area contributed by atoms with Crippen LogP contribution in [-0.2, 0) is 0 Å². The number of nitrogens with zero attached hydrogens (tertiary/aromatic N) is 5. The molecule has 3 aromatic rings. The predicted octanol–water partition coefficient (Wildman–Crippen LogP) is 2.31. The Kier molecular flexibility index (Phi) is 4.90. The van der Waals surface area contributed by atoms with Gasteiger partial charge < -0.3 is 15.3 Å². The summed E-state index contributed by atoms with van der Waals surface area (Å²) in [4.78, 5) is 31.7. The first-order valence-electron chi connectivity index (χ1n) is 8.90. The fourth-order valence-electron chi connectivity index (χ4n) is 3.16. The number of amides is 1. The third kappa shape index (κ3) is 3.65. The third-order valence-electron chi connectivity index (χ3n) is 4.59. The molecule has 0 aromatic carbocycles. The number of halogens is 1. The van der Waals surface area contributed by atoms with Gasteiger partial charge in [0.2, 0.25) is 5.95 Å². The number of anilines is 1. The van der Waals surface area contributed by atoms with Crippen molar-refractivity contribution in [3.63, 3.8) is 0 Å². The van der Waals surface area contributed by atoms with Crippen LogP contribution < -0.4 is 5.32 Å². The van der Waals surface area contributed by atoms with Gasteiger partial charge >= 0.3 is 0 Å². The molecule has 28 heavy (non-hydrogen) atoms. The summed E-state index contributed by atoms with van der Waals surface area (Å²) in [5.41, 5.74) is 1.33. The lowest BCUT2D eigenvalue weighted by Crippen LogP contribution is -2.30. The maximum absolute atomic E-state index is 13.5. The lowest BCUT2D eigenvalue weighted by atomic mass is 10.1. The second-order valence-corrected chi connectivity index (χ2v) is 7.98. The molecule has 1 saturated heterocycles. The van der Waals surface area contributed by atoms with E-state index in [9.17, 15) is 14.3 Å². The minimum atomic E-state index is -0.512. The number of carbonyl (C=O) groups excluding carboxylic acids is 1. The van der Waals surface area contributed by atoms with Crippen LogP contribution in [0.2, 0.25) is 0 Å². The minimum Gasteiger partial charge on any atom is -0.391 e. The highest BCUT2D eigenvalue weighted by molar-refractivity contribution is 7.18. The number of rotatable bonds is 4. The molecule has 146 valence electrons. The molecule has 3 aromatic heterocycles. The Morgan fingerprint density at radius 1 is 1.39 bits per heavy atom. The van der Waals surface area contributed by atoms with Crippen LogP contribution in [0.1, 0.15) is 40.4 Å². The molecular formula is C18H19FN6O2S. The van der Waals surface area contributed by atoms with Crippen LogP contribution in [0.15, 0.2) is 18.5 Å². The van der Waals surface area contributed by atoms with E-state index in [1.165, 1.54) is 17.4 Å². The summed E-state index contributed by atoms with van der Waals surface area (Å²) in [5.74, 6) is -0.450. The number of aromatic nitrogens is 4. The number of nitrogens with one attached hydrogen (secondary N) is 1. The second-order valence-electron chi connectivity index (χ2n) is 6.78. The molecule has 2 atom stereocenters. The average Bonchev–Trinajstić information content (AvgIpc) is 3.25. The largest absolute Gasteiger partial charge is 0.391 e. The Hall–Kier alpha value is -2.72. The van der Waals surface area contributed by atoms with Gasteiger partial charge in [-0.3, -0.25) is 9.78 Å². The minimum absolute atomic E-state index is 0.234. The Morgan fingerprint density at radius 3 is 2.93 bits per heavy atom. The molecule has 10 heteroatoms. The van der Waals surface area contributed by atoms with Crippen molar-refractivity contribution in [1.82, 2.24) is 24.8 Å². The van der Waals surface area contributed by atoms with E-state index in [1.807, 2.05) is 13.8 Å². The van der Waals surface area contributed by atoms with Crippen LogP contribution in [0, 0.1) is 12.7 Å². The van der Waals surface area contributed by atoms with E-state index in [4.69, 9.17) is 0 Å². The van der Waals surface area contributed by atoms with Gasteiger partial charge in [0.15, 0.2) is 11.3 Å². The molecule has 1 aliphatic rings. The average molecular weight is 402 g/mol. The first-order valence-corrected chi connectivity index (χ1v) is 9.72. The topological polar surface area (TPSA) is 104 Å². The molecular weight excluding hydrogens is 383 g/mol. The number of likely N-dealkylation sites (tertiary alicyclic amines) is 1. The number of β-amino-alcohol motifs (C(OH)–C–C–N with tert-alkyl or cyclic N) is 1. The van der Waals surface area contributed by atoms with E-state index in [0.717, 1.165) is 11.2 Å². The molecule has 0 bridgehead atoms. The predicted molar refractivity (Wildman–Crippen MR) is 103 cm³/mol. The highest BCUT2D eigenvalue weighted by atomic mass is 32.1. The fourth-order valence-corrected chi connectivity index (χ4v) is 4.00. The monoisotopic (exact) mass is 402 g/mol. The number of thiazole rings is 1. The highest BCUT2D eigenvalue weighted by Gasteiger charge is 2.29. The number of hydrogen-bond acceptors (Lipinski definition) is 8. The first-order chi connectivity index (χ1) is 13.4. The highest BCUT2D eigenvalue weighted by Crippen LogP contribution is 2.27. The van der Waals surface area contributed by atoms with Gasteiger partial charge in [0.25, 0.3) is 5.91 Å². The zero-order chi connectivity index (χ0) is 19.8. The smallest absolute Gasteiger partial charge is 0.274 e. The summed E-state index contributed by atoms with van der Waals surface area (Å²) in [6, 6.07) is 1.06. The zero-order valence-electron chi connectivity index (χ0n) is 15.4. The van der Waals surface area contributed by atoms with Gasteiger partial charge in [-0.05, 0) is 31.9 Å². The van der Waals surface area contributed by atoms with Crippen LogP contribution in [0.4, 0.5) is 10.3 Å². The van der Waals surface area contributed by atoms with E-state index in [2.05, 4.69) is 25.3 Å². The lowest BCUT2D eigenvalue weighted by molar-refractivity contribution is 0.0761. The summed E-state index contributed by atoms with van der Waals surface area (Å²) in [7, 11) is 0. The molecule has 1 fully saturated rings. The number of aryl methyl sites for hydroxylation is 1. The molecule has 0 aliphatic carbocycles. The van der Waals surface area contributed by atoms with E-state index in [-0.39, 0.29) is 30.1 Å². The SMILES string of the molecule is Cc1nc2nc(N[C@@H](C)c3cncc(F)c3)nc(C(=O)N3CCC(O)C3)c2s1. The van der Waals surface area contributed by atoms with Crippen LogP contribution in [-0.4, -0.2) is 55.0 Å². The van der Waals surface area contributed by atoms with Crippen LogP contribution >= 0.6 is 11.3 Å². The zero-order valence-corrected chi connectivity index (χ0v) is 16.2. The standard InChI is InChI=1S/C18H19FN6O2S/c1-9(11-5-12(19)7-20-6-11)21-18-23-14(15-16(24-18)22-10(2)28-15)17(27)25-4-3-13(26)8-25/h5-7,9,13,26H,3-4,8H2,1-2H3,(H,21,23,24)/t9-,13?/m0/s1. The van der Waals surface area contributed by atoms with Crippen molar-refractivity contribution >= 4 is 33.5 Å². The molecule has 4 heterocycles. The fraction of sp³-hybridized carbons (Fsp3) is 0.389. The number of pyridine rings is 1. The summed E-state index contributed by atoms with van der Waals surface area (Å²) >= 11 is 1.36. The van der Waals surface area contributed by atoms with Crippen molar-refractivity contribution in [1.29, 1.82) is 0 Å². The summed E-state index contributed by atoms with van der Waals surface area (Å²) in [6.07, 6.45) is 2.74. The molecule has 4 rings (SSSR count). The van der Waals surface area contributed by atoms with Crippen molar-refractivity contribution in [2.24, 2.45) is 0 Å². The van der Waals surface area contributed by atoms with Gasteiger partial charge in [-0.2, -0.15) is 4.98 Å². The number of fused-ring (bicyclic) bond motifs is 1. The van der Waals surface area contributed by atoms with Gasteiger partial charge in [-0.25, -0.2) is 14.4 Å². The summed E-state index contributed by atoms with van der Waals surface area (Å²) in [6.45, 7) is 4.44. The summed E-state index contributed by atoms with van der Waals surface area (Å²) < 4.78 is 14.1. The lowest BCUT2D eigenvalue weighted by Gasteiger charge is -2.17. The molecule has 2 N–H and O–H groups in total. The molecule has 1 amide bonds. The van der Waals surface area contributed by atoms with Crippen molar-refractivity contribution in [3.8, 4) is 0 Å². The Balaban J connectivity index is 1.68. The van der Waals surface area contributed by atoms with Crippen molar-refractivity contribution in [2.45, 2.75) is 32.4 Å². The number of aliphatic hydroxyl groups is 1. The Labute approximate surface area is 164 Å². The van der Waals surface area contributed by atoms with Crippen LogP contribution in [0.25, 0.3) is 10.3 Å². The van der Waals surface area contributed by atoms with Crippen LogP contribution in [0.3, 0.4) is 0 Å². The normalized spacial score (nSPS) is 17.9. The van der Waals surface area contributed by atoms with Crippen molar-refractivity contribution in [2.75, 3.05) is 18.4 Å². The molecule has 0 saturated carbocycles. The maximum Gasteiger partial charge on any atom is 0.274 e. The quantitative estimate of drug-likeness (QED) is 0.690. The van der Waals surface area contributed by atoms with E-state index >= 15 is 0 Å².